The Morgan fingerprint density at radius 3 is 2.10 bits per heavy atom. The highest BCUT2D eigenvalue weighted by Crippen LogP contribution is 2.21. The van der Waals surface area contributed by atoms with Gasteiger partial charge in [0.2, 0.25) is 21.8 Å². The summed E-state index contributed by atoms with van der Waals surface area (Å²) in [6, 6.07) is 21.7. The molecule has 0 heterocycles. The number of carbonyl (C=O) groups excluding carboxylic acids is 2. The van der Waals surface area contributed by atoms with E-state index in [1.165, 1.54) is 24.3 Å². The third-order valence-electron chi connectivity index (χ3n) is 6.44. The van der Waals surface area contributed by atoms with Crippen LogP contribution < -0.4 is 9.62 Å². The fraction of sp³-hybridized carbons (Fsp3) is 0.355. The van der Waals surface area contributed by atoms with Crippen molar-refractivity contribution in [2.45, 2.75) is 58.7 Å². The number of hydrogen-bond acceptors (Lipinski definition) is 4. The summed E-state index contributed by atoms with van der Waals surface area (Å²) < 4.78 is 39.5. The van der Waals surface area contributed by atoms with Crippen LogP contribution in [0.4, 0.5) is 10.1 Å². The van der Waals surface area contributed by atoms with Crippen molar-refractivity contribution in [1.82, 2.24) is 10.2 Å². The lowest BCUT2D eigenvalue weighted by atomic mass is 10.0. The zero-order chi connectivity index (χ0) is 29.3. The number of nitrogens with zero attached hydrogens (tertiary/aromatic N) is 2. The van der Waals surface area contributed by atoms with Crippen molar-refractivity contribution >= 4 is 27.5 Å². The minimum Gasteiger partial charge on any atom is -0.352 e. The SMILES string of the molecule is Cc1ccc(CN(C(=O)CCCN(c2ccc(F)cc2)S(C)(=O)=O)[C@@H](Cc2ccccc2)C(=O)NC(C)C)cc1. The second-order valence-electron chi connectivity index (χ2n) is 10.3. The van der Waals surface area contributed by atoms with Gasteiger partial charge in [-0.2, -0.15) is 0 Å². The van der Waals surface area contributed by atoms with Crippen molar-refractivity contribution in [3.63, 3.8) is 0 Å². The molecule has 1 atom stereocenters. The lowest BCUT2D eigenvalue weighted by Crippen LogP contribution is -2.51. The number of nitrogens with one attached hydrogen (secondary N) is 1. The maximum Gasteiger partial charge on any atom is 0.243 e. The smallest absolute Gasteiger partial charge is 0.243 e. The summed E-state index contributed by atoms with van der Waals surface area (Å²) in [5.41, 5.74) is 3.22. The molecule has 0 saturated heterocycles. The molecule has 0 unspecified atom stereocenters. The Labute approximate surface area is 237 Å². The molecule has 3 rings (SSSR count). The molecule has 1 N–H and O–H groups in total. The quantitative estimate of drug-likeness (QED) is 0.320. The Hall–Kier alpha value is -3.72. The van der Waals surface area contributed by atoms with Gasteiger partial charge in [-0.05, 0) is 62.6 Å². The number of hydrogen-bond donors (Lipinski definition) is 1. The van der Waals surface area contributed by atoms with E-state index in [1.807, 2.05) is 75.4 Å². The number of sulfonamides is 1. The number of rotatable bonds is 13. The van der Waals surface area contributed by atoms with Crippen molar-refractivity contribution in [3.8, 4) is 0 Å². The Balaban J connectivity index is 1.87. The number of anilines is 1. The van der Waals surface area contributed by atoms with Crippen LogP contribution in [0.5, 0.6) is 0 Å². The first-order valence-corrected chi connectivity index (χ1v) is 15.2. The van der Waals surface area contributed by atoms with E-state index in [0.29, 0.717) is 12.1 Å². The highest BCUT2D eigenvalue weighted by atomic mass is 32.2. The van der Waals surface area contributed by atoms with Crippen LogP contribution in [0.2, 0.25) is 0 Å². The lowest BCUT2D eigenvalue weighted by molar-refractivity contribution is -0.141. The maximum atomic E-state index is 13.8. The van der Waals surface area contributed by atoms with Crippen LogP contribution in [0.15, 0.2) is 78.9 Å². The molecule has 3 aromatic carbocycles. The molecule has 0 aliphatic rings. The molecule has 7 nitrogen and oxygen atoms in total. The number of carbonyl (C=O) groups is 2. The molecule has 0 bridgehead atoms. The summed E-state index contributed by atoms with van der Waals surface area (Å²) in [6.45, 7) is 6.00. The fourth-order valence-corrected chi connectivity index (χ4v) is 5.40. The Morgan fingerprint density at radius 1 is 0.900 bits per heavy atom. The zero-order valence-electron chi connectivity index (χ0n) is 23.5. The molecule has 0 aliphatic carbocycles. The van der Waals surface area contributed by atoms with Crippen molar-refractivity contribution in [3.05, 3.63) is 101 Å². The van der Waals surface area contributed by atoms with E-state index in [-0.39, 0.29) is 43.8 Å². The Bertz CT molecular complexity index is 1360. The van der Waals surface area contributed by atoms with E-state index in [4.69, 9.17) is 0 Å². The second kappa shape index (κ2) is 14.1. The van der Waals surface area contributed by atoms with E-state index in [1.54, 1.807) is 4.90 Å². The number of aryl methyl sites for hydroxylation is 1. The Kier molecular flexibility index (Phi) is 10.8. The van der Waals surface area contributed by atoms with Crippen molar-refractivity contribution in [2.75, 3.05) is 17.1 Å². The van der Waals surface area contributed by atoms with Gasteiger partial charge >= 0.3 is 0 Å². The largest absolute Gasteiger partial charge is 0.352 e. The van der Waals surface area contributed by atoms with Crippen LogP contribution >= 0.6 is 0 Å². The van der Waals surface area contributed by atoms with Crippen molar-refractivity contribution < 1.29 is 22.4 Å². The molecule has 2 amide bonds. The summed E-state index contributed by atoms with van der Waals surface area (Å²) >= 11 is 0. The number of benzene rings is 3. The first kappa shape index (κ1) is 30.8. The highest BCUT2D eigenvalue weighted by Gasteiger charge is 2.31. The second-order valence-corrected chi connectivity index (χ2v) is 12.2. The van der Waals surface area contributed by atoms with Gasteiger partial charge in [0.25, 0.3) is 0 Å². The molecule has 9 heteroatoms. The number of amides is 2. The van der Waals surface area contributed by atoms with E-state index in [9.17, 15) is 22.4 Å². The average molecular weight is 568 g/mol. The third kappa shape index (κ3) is 9.19. The van der Waals surface area contributed by atoms with Crippen LogP contribution in [0.3, 0.4) is 0 Å². The molecule has 0 spiro atoms. The predicted octanol–water partition coefficient (Wildman–Crippen LogP) is 4.85. The van der Waals surface area contributed by atoms with Gasteiger partial charge in [0, 0.05) is 32.0 Å². The monoisotopic (exact) mass is 567 g/mol. The summed E-state index contributed by atoms with van der Waals surface area (Å²) in [7, 11) is -3.66. The van der Waals surface area contributed by atoms with Gasteiger partial charge in [0.05, 0.1) is 11.9 Å². The molecular weight excluding hydrogens is 529 g/mol. The molecule has 0 radical (unpaired) electrons. The average Bonchev–Trinajstić information content (AvgIpc) is 2.90. The van der Waals surface area contributed by atoms with Crippen LogP contribution in [-0.2, 0) is 32.6 Å². The summed E-state index contributed by atoms with van der Waals surface area (Å²) in [5.74, 6) is -0.973. The molecule has 0 aromatic heterocycles. The Morgan fingerprint density at radius 2 is 1.52 bits per heavy atom. The molecule has 0 aliphatic heterocycles. The van der Waals surface area contributed by atoms with E-state index in [0.717, 1.165) is 27.3 Å². The predicted molar refractivity (Wildman–Crippen MR) is 157 cm³/mol. The van der Waals surface area contributed by atoms with Crippen molar-refractivity contribution in [1.29, 1.82) is 0 Å². The van der Waals surface area contributed by atoms with E-state index >= 15 is 0 Å². The maximum absolute atomic E-state index is 13.8. The van der Waals surface area contributed by atoms with Crippen LogP contribution in [0.25, 0.3) is 0 Å². The fourth-order valence-electron chi connectivity index (χ4n) is 4.44. The van der Waals surface area contributed by atoms with Crippen LogP contribution in [0.1, 0.15) is 43.4 Å². The van der Waals surface area contributed by atoms with Gasteiger partial charge in [0.1, 0.15) is 11.9 Å². The van der Waals surface area contributed by atoms with E-state index < -0.39 is 21.9 Å². The van der Waals surface area contributed by atoms with Gasteiger partial charge < -0.3 is 10.2 Å². The first-order chi connectivity index (χ1) is 18.9. The lowest BCUT2D eigenvalue weighted by Gasteiger charge is -2.32. The van der Waals surface area contributed by atoms with Crippen LogP contribution in [-0.4, -0.2) is 50.0 Å². The molecule has 3 aromatic rings. The molecular formula is C31H38FN3O4S. The standard InChI is InChI=1S/C31H38FN3O4S/c1-23(2)33-31(37)29(21-25-9-6-5-7-10-25)34(22-26-14-12-24(3)13-15-26)30(36)11-8-20-35(40(4,38)39)28-18-16-27(32)17-19-28/h5-7,9-10,12-19,23,29H,8,11,20-22H2,1-4H3,(H,33,37)/t29-/m0/s1. The zero-order valence-corrected chi connectivity index (χ0v) is 24.3. The topological polar surface area (TPSA) is 86.8 Å². The van der Waals surface area contributed by atoms with Gasteiger partial charge in [-0.25, -0.2) is 12.8 Å². The van der Waals surface area contributed by atoms with Gasteiger partial charge in [0.15, 0.2) is 0 Å². The summed E-state index contributed by atoms with van der Waals surface area (Å²) in [4.78, 5) is 28.8. The normalized spacial score (nSPS) is 12.2. The third-order valence-corrected chi connectivity index (χ3v) is 7.64. The minimum atomic E-state index is -3.66. The van der Waals surface area contributed by atoms with Crippen molar-refractivity contribution in [2.24, 2.45) is 0 Å². The summed E-state index contributed by atoms with van der Waals surface area (Å²) in [5, 5.41) is 2.96. The molecule has 40 heavy (non-hydrogen) atoms. The van der Waals surface area contributed by atoms with Gasteiger partial charge in [-0.3, -0.25) is 13.9 Å². The summed E-state index contributed by atoms with van der Waals surface area (Å²) in [6.07, 6.45) is 1.66. The molecule has 0 saturated carbocycles. The number of halogens is 1. The van der Waals surface area contributed by atoms with Gasteiger partial charge in [-0.15, -0.1) is 0 Å². The molecule has 0 fully saturated rings. The first-order valence-electron chi connectivity index (χ1n) is 13.4. The van der Waals surface area contributed by atoms with Crippen LogP contribution in [0, 0.1) is 12.7 Å². The minimum absolute atomic E-state index is 0.0271. The van der Waals surface area contributed by atoms with E-state index in [2.05, 4.69) is 5.32 Å². The molecule has 214 valence electrons. The van der Waals surface area contributed by atoms with Gasteiger partial charge in [-0.1, -0.05) is 60.2 Å². The highest BCUT2D eigenvalue weighted by molar-refractivity contribution is 7.92.